The highest BCUT2D eigenvalue weighted by Crippen LogP contribution is 2.11. The summed E-state index contributed by atoms with van der Waals surface area (Å²) in [4.78, 5) is 20.9. The van der Waals surface area contributed by atoms with Gasteiger partial charge in [-0.15, -0.1) is 0 Å². The molecule has 5 heteroatoms. The molecule has 1 N–H and O–H groups in total. The number of amides is 1. The molecule has 1 aromatic heterocycles. The van der Waals surface area contributed by atoms with Gasteiger partial charge < -0.3 is 15.1 Å². The van der Waals surface area contributed by atoms with Crippen LogP contribution in [0.4, 0.5) is 5.82 Å². The summed E-state index contributed by atoms with van der Waals surface area (Å²) in [6, 6.07) is 3.89. The van der Waals surface area contributed by atoms with Crippen molar-refractivity contribution in [1.29, 1.82) is 0 Å². The number of hydrogen-bond donors (Lipinski definition) is 1. The first-order valence-electron chi connectivity index (χ1n) is 7.65. The van der Waals surface area contributed by atoms with Gasteiger partial charge in [0.1, 0.15) is 5.82 Å². The number of hydrogen-bond acceptors (Lipinski definition) is 4. The van der Waals surface area contributed by atoms with Gasteiger partial charge in [-0.1, -0.05) is 6.92 Å². The maximum Gasteiger partial charge on any atom is 0.255 e. The summed E-state index contributed by atoms with van der Waals surface area (Å²) in [6.07, 6.45) is 2.71. The van der Waals surface area contributed by atoms with E-state index in [1.807, 2.05) is 38.1 Å². The van der Waals surface area contributed by atoms with Gasteiger partial charge >= 0.3 is 0 Å². The van der Waals surface area contributed by atoms with Crippen LogP contribution in [0.2, 0.25) is 0 Å². The van der Waals surface area contributed by atoms with Crippen molar-refractivity contribution in [3.63, 3.8) is 0 Å². The minimum Gasteiger partial charge on any atom is -0.370 e. The number of nitrogens with one attached hydrogen (secondary N) is 1. The normalized spacial score (nSPS) is 12.3. The fourth-order valence-corrected chi connectivity index (χ4v) is 2.33. The minimum absolute atomic E-state index is 0.0430. The number of carbonyl (C=O) groups excluding carboxylic acids is 1. The van der Waals surface area contributed by atoms with Crippen molar-refractivity contribution < 1.29 is 4.79 Å². The van der Waals surface area contributed by atoms with Crippen LogP contribution >= 0.6 is 0 Å². The van der Waals surface area contributed by atoms with Crippen molar-refractivity contribution in [3.8, 4) is 0 Å². The highest BCUT2D eigenvalue weighted by molar-refractivity contribution is 5.94. The molecule has 1 aromatic rings. The van der Waals surface area contributed by atoms with Crippen LogP contribution in [0.15, 0.2) is 18.3 Å². The molecule has 0 aromatic carbocycles. The number of carbonyl (C=O) groups is 1. The van der Waals surface area contributed by atoms with Gasteiger partial charge in [-0.25, -0.2) is 4.98 Å². The quantitative estimate of drug-likeness (QED) is 0.799. The molecule has 0 radical (unpaired) electrons. The van der Waals surface area contributed by atoms with Crippen LogP contribution in [0, 0.1) is 0 Å². The topological polar surface area (TPSA) is 48.5 Å². The molecule has 0 spiro atoms. The van der Waals surface area contributed by atoms with Crippen LogP contribution in [-0.4, -0.2) is 60.5 Å². The van der Waals surface area contributed by atoms with Crippen LogP contribution in [0.5, 0.6) is 0 Å². The molecule has 0 fully saturated rings. The second kappa shape index (κ2) is 8.62. The van der Waals surface area contributed by atoms with E-state index in [0.29, 0.717) is 12.1 Å². The molecular formula is C16H28N4O. The van der Waals surface area contributed by atoms with Gasteiger partial charge in [0.2, 0.25) is 0 Å². The van der Waals surface area contributed by atoms with E-state index in [0.717, 1.165) is 25.3 Å². The Hall–Kier alpha value is -1.62. The molecule has 0 saturated carbocycles. The van der Waals surface area contributed by atoms with Gasteiger partial charge in [-0.2, -0.15) is 0 Å². The molecule has 5 nitrogen and oxygen atoms in total. The zero-order valence-electron chi connectivity index (χ0n) is 13.9. The van der Waals surface area contributed by atoms with Crippen molar-refractivity contribution in [1.82, 2.24) is 14.8 Å². The van der Waals surface area contributed by atoms with E-state index < -0.39 is 0 Å². The highest BCUT2D eigenvalue weighted by atomic mass is 16.2. The molecule has 1 rings (SSSR count). The summed E-state index contributed by atoms with van der Waals surface area (Å²) < 4.78 is 0. The molecule has 1 unspecified atom stereocenters. The number of nitrogens with zero attached hydrogens (tertiary/aromatic N) is 3. The number of anilines is 1. The Labute approximate surface area is 128 Å². The largest absolute Gasteiger partial charge is 0.370 e. The van der Waals surface area contributed by atoms with Crippen molar-refractivity contribution in [2.24, 2.45) is 0 Å². The van der Waals surface area contributed by atoms with Crippen LogP contribution in [-0.2, 0) is 0 Å². The van der Waals surface area contributed by atoms with Crippen LogP contribution < -0.4 is 5.32 Å². The van der Waals surface area contributed by atoms with Crippen LogP contribution in [0.25, 0.3) is 0 Å². The van der Waals surface area contributed by atoms with E-state index in [2.05, 4.69) is 29.0 Å². The summed E-state index contributed by atoms with van der Waals surface area (Å²) in [5, 5.41) is 3.21. The van der Waals surface area contributed by atoms with E-state index in [4.69, 9.17) is 0 Å². The lowest BCUT2D eigenvalue weighted by Gasteiger charge is -2.30. The van der Waals surface area contributed by atoms with Crippen LogP contribution in [0.3, 0.4) is 0 Å². The Kier molecular flexibility index (Phi) is 7.15. The first-order chi connectivity index (χ1) is 9.99. The zero-order chi connectivity index (χ0) is 15.8. The van der Waals surface area contributed by atoms with Gasteiger partial charge in [-0.3, -0.25) is 4.79 Å². The SMILES string of the molecule is CCCNc1ccc(C(=O)N(CC)C(C)CN(C)C)cn1. The smallest absolute Gasteiger partial charge is 0.255 e. The van der Waals surface area contributed by atoms with Gasteiger partial charge in [0.05, 0.1) is 5.56 Å². The number of likely N-dealkylation sites (N-methyl/N-ethyl adjacent to an activating group) is 2. The molecular weight excluding hydrogens is 264 g/mol. The second-order valence-electron chi connectivity index (χ2n) is 5.56. The molecule has 0 saturated heterocycles. The van der Waals surface area contributed by atoms with E-state index in [1.165, 1.54) is 0 Å². The zero-order valence-corrected chi connectivity index (χ0v) is 13.9. The monoisotopic (exact) mass is 292 g/mol. The average molecular weight is 292 g/mol. The Morgan fingerprint density at radius 3 is 2.52 bits per heavy atom. The fourth-order valence-electron chi connectivity index (χ4n) is 2.33. The number of pyridine rings is 1. The van der Waals surface area contributed by atoms with Crippen molar-refractivity contribution in [3.05, 3.63) is 23.9 Å². The maximum absolute atomic E-state index is 12.6. The Bertz CT molecular complexity index is 430. The van der Waals surface area contributed by atoms with Crippen molar-refractivity contribution >= 4 is 11.7 Å². The molecule has 118 valence electrons. The summed E-state index contributed by atoms with van der Waals surface area (Å²) in [6.45, 7) is 8.63. The average Bonchev–Trinajstić information content (AvgIpc) is 2.45. The Morgan fingerprint density at radius 2 is 2.05 bits per heavy atom. The molecule has 21 heavy (non-hydrogen) atoms. The van der Waals surface area contributed by atoms with Gasteiger partial charge in [0.25, 0.3) is 5.91 Å². The number of aromatic nitrogens is 1. The predicted octanol–water partition coefficient (Wildman–Crippen LogP) is 2.32. The Morgan fingerprint density at radius 1 is 1.33 bits per heavy atom. The lowest BCUT2D eigenvalue weighted by Crippen LogP contribution is -2.43. The minimum atomic E-state index is 0.0430. The summed E-state index contributed by atoms with van der Waals surface area (Å²) in [7, 11) is 4.04. The Balaban J connectivity index is 2.75. The molecule has 0 bridgehead atoms. The third-order valence-electron chi connectivity index (χ3n) is 3.33. The second-order valence-corrected chi connectivity index (χ2v) is 5.56. The van der Waals surface area contributed by atoms with Gasteiger partial charge in [0.15, 0.2) is 0 Å². The van der Waals surface area contributed by atoms with Crippen molar-refractivity contribution in [2.45, 2.75) is 33.2 Å². The summed E-state index contributed by atoms with van der Waals surface area (Å²) in [5.41, 5.74) is 0.643. The van der Waals surface area contributed by atoms with Crippen molar-refractivity contribution in [2.75, 3.05) is 39.0 Å². The van der Waals surface area contributed by atoms with E-state index in [1.54, 1.807) is 6.20 Å². The lowest BCUT2D eigenvalue weighted by molar-refractivity contribution is 0.0678. The first kappa shape index (κ1) is 17.4. The van der Waals surface area contributed by atoms with E-state index in [9.17, 15) is 4.79 Å². The molecule has 1 atom stereocenters. The molecule has 0 aliphatic rings. The fraction of sp³-hybridized carbons (Fsp3) is 0.625. The highest BCUT2D eigenvalue weighted by Gasteiger charge is 2.20. The van der Waals surface area contributed by atoms with Gasteiger partial charge in [0, 0.05) is 31.9 Å². The van der Waals surface area contributed by atoms with E-state index in [-0.39, 0.29) is 11.9 Å². The summed E-state index contributed by atoms with van der Waals surface area (Å²) >= 11 is 0. The van der Waals surface area contributed by atoms with E-state index >= 15 is 0 Å². The molecule has 1 heterocycles. The van der Waals surface area contributed by atoms with Crippen LogP contribution in [0.1, 0.15) is 37.6 Å². The molecule has 0 aliphatic heterocycles. The third kappa shape index (κ3) is 5.34. The molecule has 1 amide bonds. The van der Waals surface area contributed by atoms with Gasteiger partial charge in [-0.05, 0) is 46.5 Å². The maximum atomic E-state index is 12.6. The lowest BCUT2D eigenvalue weighted by atomic mass is 10.2. The molecule has 0 aliphatic carbocycles. The standard InChI is InChI=1S/C16H28N4O/c1-6-10-17-15-9-8-14(11-18-15)16(21)20(7-2)13(3)12-19(4)5/h8-9,11,13H,6-7,10,12H2,1-5H3,(H,17,18). The summed E-state index contributed by atoms with van der Waals surface area (Å²) in [5.74, 6) is 0.860. The first-order valence-corrected chi connectivity index (χ1v) is 7.65. The predicted molar refractivity (Wildman–Crippen MR) is 87.7 cm³/mol. The third-order valence-corrected chi connectivity index (χ3v) is 3.33. The number of rotatable bonds is 8.